The average molecular weight is 409 g/mol. The minimum atomic E-state index is -0.820. The van der Waals surface area contributed by atoms with Gasteiger partial charge in [-0.2, -0.15) is 5.26 Å². The number of benzene rings is 1. The molecular formula is C19H18Cl2N2O4. The van der Waals surface area contributed by atoms with E-state index in [4.69, 9.17) is 37.9 Å². The fourth-order valence-corrected chi connectivity index (χ4v) is 3.38. The Kier molecular flexibility index (Phi) is 6.89. The van der Waals surface area contributed by atoms with E-state index in [0.29, 0.717) is 22.0 Å². The number of ether oxygens (including phenoxy) is 2. The second-order valence-electron chi connectivity index (χ2n) is 5.81. The molecular weight excluding hydrogens is 391 g/mol. The van der Waals surface area contributed by atoms with Crippen LogP contribution in [0.3, 0.4) is 0 Å². The maximum absolute atomic E-state index is 12.7. The van der Waals surface area contributed by atoms with Gasteiger partial charge in [0.25, 0.3) is 0 Å². The maximum atomic E-state index is 12.7. The van der Waals surface area contributed by atoms with Crippen LogP contribution in [-0.4, -0.2) is 25.7 Å². The zero-order chi connectivity index (χ0) is 20.1. The van der Waals surface area contributed by atoms with E-state index in [0.717, 1.165) is 0 Å². The first-order valence-corrected chi connectivity index (χ1v) is 8.83. The summed E-state index contributed by atoms with van der Waals surface area (Å²) in [4.78, 5) is 25.2. The number of dihydropyridines is 1. The van der Waals surface area contributed by atoms with Crippen LogP contribution in [0.25, 0.3) is 0 Å². The summed E-state index contributed by atoms with van der Waals surface area (Å²) >= 11 is 12.5. The molecule has 1 heterocycles. The molecule has 0 amide bonds. The molecule has 1 aliphatic heterocycles. The molecule has 142 valence electrons. The van der Waals surface area contributed by atoms with Gasteiger partial charge in [-0.05, 0) is 25.5 Å². The van der Waals surface area contributed by atoms with Crippen molar-refractivity contribution < 1.29 is 19.1 Å². The van der Waals surface area contributed by atoms with Crippen LogP contribution in [0, 0.1) is 11.3 Å². The molecule has 1 atom stereocenters. The zero-order valence-electron chi connectivity index (χ0n) is 15.1. The van der Waals surface area contributed by atoms with Crippen LogP contribution in [0.15, 0.2) is 40.7 Å². The number of allylic oxidation sites excluding steroid dienone is 2. The van der Waals surface area contributed by atoms with Gasteiger partial charge in [0.1, 0.15) is 6.61 Å². The van der Waals surface area contributed by atoms with E-state index in [1.807, 2.05) is 6.07 Å². The van der Waals surface area contributed by atoms with Crippen molar-refractivity contribution in [2.45, 2.75) is 26.2 Å². The van der Waals surface area contributed by atoms with Crippen LogP contribution in [0.5, 0.6) is 0 Å². The van der Waals surface area contributed by atoms with Gasteiger partial charge in [-0.3, -0.25) is 0 Å². The molecule has 0 aromatic heterocycles. The van der Waals surface area contributed by atoms with Crippen molar-refractivity contribution >= 4 is 35.1 Å². The van der Waals surface area contributed by atoms with E-state index in [1.54, 1.807) is 32.0 Å². The highest BCUT2D eigenvalue weighted by atomic mass is 35.5. The van der Waals surface area contributed by atoms with E-state index in [9.17, 15) is 9.59 Å². The molecule has 0 aliphatic carbocycles. The van der Waals surface area contributed by atoms with Crippen molar-refractivity contribution in [3.05, 3.63) is 56.3 Å². The number of esters is 2. The first-order chi connectivity index (χ1) is 12.8. The minimum Gasteiger partial charge on any atom is -0.466 e. The van der Waals surface area contributed by atoms with Gasteiger partial charge in [0, 0.05) is 11.4 Å². The van der Waals surface area contributed by atoms with E-state index in [2.05, 4.69) is 5.32 Å². The number of hydrogen-bond donors (Lipinski definition) is 1. The number of nitrogens with zero attached hydrogens (tertiary/aromatic N) is 1. The van der Waals surface area contributed by atoms with Crippen LogP contribution in [-0.2, 0) is 19.1 Å². The van der Waals surface area contributed by atoms with Crippen LogP contribution in [0.4, 0.5) is 0 Å². The van der Waals surface area contributed by atoms with Gasteiger partial charge in [-0.1, -0.05) is 35.3 Å². The number of nitriles is 1. The van der Waals surface area contributed by atoms with Gasteiger partial charge >= 0.3 is 11.9 Å². The smallest absolute Gasteiger partial charge is 0.336 e. The normalized spacial score (nSPS) is 16.5. The highest BCUT2D eigenvalue weighted by Crippen LogP contribution is 2.43. The Bertz CT molecular complexity index is 884. The fourth-order valence-electron chi connectivity index (χ4n) is 2.97. The number of rotatable bonds is 5. The number of hydrogen-bond acceptors (Lipinski definition) is 6. The number of methoxy groups -OCH3 is 1. The Hall–Kier alpha value is -2.49. The SMILES string of the molecule is COC(=O)C1=C(C)NC(C)=C(C(=O)OCCC#N)[C@@H]1c1cccc(Cl)c1Cl. The summed E-state index contributed by atoms with van der Waals surface area (Å²) in [6, 6.07) is 6.90. The van der Waals surface area contributed by atoms with Crippen LogP contribution < -0.4 is 5.32 Å². The summed E-state index contributed by atoms with van der Waals surface area (Å²) in [6.45, 7) is 3.35. The van der Waals surface area contributed by atoms with Crippen molar-refractivity contribution in [2.24, 2.45) is 0 Å². The molecule has 0 bridgehead atoms. The highest BCUT2D eigenvalue weighted by Gasteiger charge is 2.39. The number of nitrogens with one attached hydrogen (secondary N) is 1. The lowest BCUT2D eigenvalue weighted by Gasteiger charge is -2.30. The van der Waals surface area contributed by atoms with Gasteiger partial charge in [0.15, 0.2) is 0 Å². The molecule has 0 saturated heterocycles. The molecule has 0 radical (unpaired) electrons. The number of halogens is 2. The molecule has 0 unspecified atom stereocenters. The van der Waals surface area contributed by atoms with Gasteiger partial charge < -0.3 is 14.8 Å². The summed E-state index contributed by atoms with van der Waals surface area (Å²) < 4.78 is 10.1. The molecule has 6 nitrogen and oxygen atoms in total. The second kappa shape index (κ2) is 8.94. The first kappa shape index (κ1) is 20.8. The van der Waals surface area contributed by atoms with Crippen molar-refractivity contribution in [3.63, 3.8) is 0 Å². The number of carbonyl (C=O) groups is 2. The lowest BCUT2D eigenvalue weighted by Crippen LogP contribution is -2.32. The molecule has 2 rings (SSSR count). The third kappa shape index (κ3) is 4.26. The maximum Gasteiger partial charge on any atom is 0.336 e. The summed E-state index contributed by atoms with van der Waals surface area (Å²) in [6.07, 6.45) is 0.0623. The van der Waals surface area contributed by atoms with E-state index < -0.39 is 17.9 Å². The lowest BCUT2D eigenvalue weighted by molar-refractivity contribution is -0.139. The summed E-state index contributed by atoms with van der Waals surface area (Å²) in [7, 11) is 1.26. The predicted octanol–water partition coefficient (Wildman–Crippen LogP) is 3.86. The van der Waals surface area contributed by atoms with Crippen LogP contribution >= 0.6 is 23.2 Å². The van der Waals surface area contributed by atoms with Crippen molar-refractivity contribution in [1.29, 1.82) is 5.26 Å². The van der Waals surface area contributed by atoms with Gasteiger partial charge in [0.05, 0.1) is 46.7 Å². The standard InChI is InChI=1S/C19H18Cl2N2O4/c1-10-14(18(24)26-3)16(12-6-4-7-13(20)17(12)21)15(11(2)23-10)19(25)27-9-5-8-22/h4,6-7,16,23H,5,9H2,1-3H3/t16-/m1/s1. The molecule has 8 heteroatoms. The van der Waals surface area contributed by atoms with Gasteiger partial charge in [0.2, 0.25) is 0 Å². The zero-order valence-corrected chi connectivity index (χ0v) is 16.6. The van der Waals surface area contributed by atoms with Crippen molar-refractivity contribution in [3.8, 4) is 6.07 Å². The fraction of sp³-hybridized carbons (Fsp3) is 0.316. The Morgan fingerprint density at radius 2 is 1.81 bits per heavy atom. The quantitative estimate of drug-likeness (QED) is 0.587. The van der Waals surface area contributed by atoms with Gasteiger partial charge in [-0.15, -0.1) is 0 Å². The lowest BCUT2D eigenvalue weighted by atomic mass is 9.80. The molecule has 0 saturated carbocycles. The average Bonchev–Trinajstić information content (AvgIpc) is 2.63. The molecule has 1 aromatic rings. The summed E-state index contributed by atoms with van der Waals surface area (Å²) in [5.41, 5.74) is 1.98. The molecule has 1 N–H and O–H groups in total. The third-order valence-electron chi connectivity index (χ3n) is 4.13. The van der Waals surface area contributed by atoms with Crippen LogP contribution in [0.1, 0.15) is 31.7 Å². The molecule has 1 aromatic carbocycles. The largest absolute Gasteiger partial charge is 0.466 e. The van der Waals surface area contributed by atoms with E-state index in [-0.39, 0.29) is 29.2 Å². The minimum absolute atomic E-state index is 0.0572. The molecule has 0 fully saturated rings. The molecule has 1 aliphatic rings. The Labute approximate surface area is 167 Å². The van der Waals surface area contributed by atoms with Crippen molar-refractivity contribution in [2.75, 3.05) is 13.7 Å². The second-order valence-corrected chi connectivity index (χ2v) is 6.60. The predicted molar refractivity (Wildman–Crippen MR) is 101 cm³/mol. The van der Waals surface area contributed by atoms with Crippen LogP contribution in [0.2, 0.25) is 10.0 Å². The Morgan fingerprint density at radius 3 is 2.41 bits per heavy atom. The number of carbonyl (C=O) groups excluding carboxylic acids is 2. The van der Waals surface area contributed by atoms with Crippen molar-refractivity contribution in [1.82, 2.24) is 5.32 Å². The van der Waals surface area contributed by atoms with E-state index in [1.165, 1.54) is 7.11 Å². The first-order valence-electron chi connectivity index (χ1n) is 8.08. The topological polar surface area (TPSA) is 88.4 Å². The summed E-state index contributed by atoms with van der Waals surface area (Å²) in [5.74, 6) is -2.07. The monoisotopic (exact) mass is 408 g/mol. The highest BCUT2D eigenvalue weighted by molar-refractivity contribution is 6.42. The Balaban J connectivity index is 2.64. The molecule has 0 spiro atoms. The third-order valence-corrected chi connectivity index (χ3v) is 4.96. The van der Waals surface area contributed by atoms with E-state index >= 15 is 0 Å². The van der Waals surface area contributed by atoms with Gasteiger partial charge in [-0.25, -0.2) is 9.59 Å². The Morgan fingerprint density at radius 1 is 1.19 bits per heavy atom. The molecule has 27 heavy (non-hydrogen) atoms. The summed E-state index contributed by atoms with van der Waals surface area (Å²) in [5, 5.41) is 12.2.